The summed E-state index contributed by atoms with van der Waals surface area (Å²) in [6.45, 7) is 4.46. The summed E-state index contributed by atoms with van der Waals surface area (Å²) in [4.78, 5) is 10.2. The lowest BCUT2D eigenvalue weighted by atomic mass is 10.3. The van der Waals surface area contributed by atoms with Gasteiger partial charge in [-0.15, -0.1) is 0 Å². The van der Waals surface area contributed by atoms with Crippen LogP contribution < -0.4 is 10.0 Å². The van der Waals surface area contributed by atoms with Gasteiger partial charge < -0.3 is 5.32 Å². The zero-order valence-electron chi connectivity index (χ0n) is 12.1. The largest absolute Gasteiger partial charge is 0.384 e. The number of sulfonamides is 1. The van der Waals surface area contributed by atoms with Gasteiger partial charge in [0.1, 0.15) is 4.90 Å². The first kappa shape index (κ1) is 17.7. The first-order valence-corrected chi connectivity index (χ1v) is 9.13. The average molecular weight is 333 g/mol. The van der Waals surface area contributed by atoms with Crippen molar-refractivity contribution in [1.29, 1.82) is 0 Å². The molecule has 21 heavy (non-hydrogen) atoms. The van der Waals surface area contributed by atoms with Crippen LogP contribution in [-0.4, -0.2) is 37.9 Å². The number of anilines is 1. The van der Waals surface area contributed by atoms with E-state index < -0.39 is 14.9 Å². The lowest BCUT2D eigenvalue weighted by Crippen LogP contribution is -2.30. The van der Waals surface area contributed by atoms with Crippen molar-refractivity contribution in [3.8, 4) is 0 Å². The van der Waals surface area contributed by atoms with Crippen molar-refractivity contribution in [2.75, 3.05) is 24.7 Å². The molecular weight excluding hydrogens is 314 g/mol. The van der Waals surface area contributed by atoms with Gasteiger partial charge in [0, 0.05) is 30.5 Å². The summed E-state index contributed by atoms with van der Waals surface area (Å²) in [6.07, 6.45) is 1.90. The second-order valence-electron chi connectivity index (χ2n) is 4.37. The van der Waals surface area contributed by atoms with Crippen LogP contribution in [0.2, 0.25) is 0 Å². The number of nitrogens with one attached hydrogen (secondary N) is 2. The molecule has 0 aliphatic carbocycles. The molecule has 2 N–H and O–H groups in total. The standard InChI is InChI=1S/C12H19N3O4S2/c1-4-13-11-7-10(15(16)17)5-6-12(11)21(18,19)14-8-9(2)20-3/h5-7,9,13-14H,4,8H2,1-3H3. The molecule has 0 aliphatic heterocycles. The Labute approximate surface area is 128 Å². The Morgan fingerprint density at radius 2 is 2.10 bits per heavy atom. The Kier molecular flexibility index (Phi) is 6.43. The van der Waals surface area contributed by atoms with E-state index in [1.54, 1.807) is 18.7 Å². The molecule has 0 fully saturated rings. The van der Waals surface area contributed by atoms with Gasteiger partial charge in [0.2, 0.25) is 10.0 Å². The van der Waals surface area contributed by atoms with Gasteiger partial charge in [-0.25, -0.2) is 13.1 Å². The zero-order chi connectivity index (χ0) is 16.0. The Balaban J connectivity index is 3.12. The highest BCUT2D eigenvalue weighted by Crippen LogP contribution is 2.26. The maximum absolute atomic E-state index is 12.3. The second kappa shape index (κ2) is 7.62. The molecule has 0 spiro atoms. The molecule has 1 aromatic rings. The van der Waals surface area contributed by atoms with Crippen molar-refractivity contribution in [3.63, 3.8) is 0 Å². The minimum absolute atomic E-state index is 0.0169. The van der Waals surface area contributed by atoms with Crippen molar-refractivity contribution in [2.24, 2.45) is 0 Å². The molecule has 0 aromatic heterocycles. The van der Waals surface area contributed by atoms with Crippen molar-refractivity contribution >= 4 is 33.2 Å². The van der Waals surface area contributed by atoms with E-state index in [0.717, 1.165) is 0 Å². The zero-order valence-corrected chi connectivity index (χ0v) is 13.8. The maximum Gasteiger partial charge on any atom is 0.271 e. The lowest BCUT2D eigenvalue weighted by Gasteiger charge is -2.14. The third kappa shape index (κ3) is 4.87. The summed E-state index contributed by atoms with van der Waals surface area (Å²) < 4.78 is 27.1. The van der Waals surface area contributed by atoms with Gasteiger partial charge in [-0.3, -0.25) is 10.1 Å². The minimum atomic E-state index is -3.71. The third-order valence-electron chi connectivity index (χ3n) is 2.79. The normalized spacial score (nSPS) is 12.9. The first-order valence-electron chi connectivity index (χ1n) is 6.36. The van der Waals surface area contributed by atoms with Crippen LogP contribution in [0.1, 0.15) is 13.8 Å². The van der Waals surface area contributed by atoms with Gasteiger partial charge >= 0.3 is 0 Å². The van der Waals surface area contributed by atoms with Crippen LogP contribution in [0.5, 0.6) is 0 Å². The number of nitro groups is 1. The number of nitrogens with zero attached hydrogens (tertiary/aromatic N) is 1. The second-order valence-corrected chi connectivity index (χ2v) is 7.38. The molecule has 1 atom stereocenters. The van der Waals surface area contributed by atoms with Gasteiger partial charge in [0.25, 0.3) is 5.69 Å². The predicted octanol–water partition coefficient (Wildman–Crippen LogP) is 2.06. The summed E-state index contributed by atoms with van der Waals surface area (Å²) in [6, 6.07) is 3.67. The maximum atomic E-state index is 12.3. The highest BCUT2D eigenvalue weighted by atomic mass is 32.2. The molecule has 118 valence electrons. The Bertz CT molecular complexity index is 605. The van der Waals surface area contributed by atoms with Crippen LogP contribution in [0.4, 0.5) is 11.4 Å². The van der Waals surface area contributed by atoms with Crippen LogP contribution in [0, 0.1) is 10.1 Å². The van der Waals surface area contributed by atoms with Gasteiger partial charge in [0.15, 0.2) is 0 Å². The van der Waals surface area contributed by atoms with E-state index in [9.17, 15) is 18.5 Å². The molecule has 1 aromatic carbocycles. The van der Waals surface area contributed by atoms with Gasteiger partial charge in [0.05, 0.1) is 10.6 Å². The summed E-state index contributed by atoms with van der Waals surface area (Å²) >= 11 is 1.55. The number of non-ortho nitro benzene ring substituents is 1. The number of rotatable bonds is 8. The third-order valence-corrected chi connectivity index (χ3v) is 5.25. The van der Waals surface area contributed by atoms with Crippen molar-refractivity contribution in [2.45, 2.75) is 24.0 Å². The summed E-state index contributed by atoms with van der Waals surface area (Å²) in [7, 11) is -3.71. The molecule has 0 aliphatic rings. The molecule has 0 amide bonds. The number of nitro benzene ring substituents is 1. The fourth-order valence-electron chi connectivity index (χ4n) is 1.58. The van der Waals surface area contributed by atoms with E-state index >= 15 is 0 Å². The van der Waals surface area contributed by atoms with E-state index in [2.05, 4.69) is 10.0 Å². The Morgan fingerprint density at radius 3 is 2.62 bits per heavy atom. The quantitative estimate of drug-likeness (QED) is 0.558. The molecule has 0 bridgehead atoms. The lowest BCUT2D eigenvalue weighted by molar-refractivity contribution is -0.384. The van der Waals surface area contributed by atoms with E-state index in [4.69, 9.17) is 0 Å². The topological polar surface area (TPSA) is 101 Å². The first-order chi connectivity index (χ1) is 9.81. The van der Waals surface area contributed by atoms with Crippen molar-refractivity contribution in [3.05, 3.63) is 28.3 Å². The molecule has 9 heteroatoms. The Morgan fingerprint density at radius 1 is 1.43 bits per heavy atom. The molecule has 7 nitrogen and oxygen atoms in total. The van der Waals surface area contributed by atoms with Gasteiger partial charge in [-0.05, 0) is 19.2 Å². The van der Waals surface area contributed by atoms with Gasteiger partial charge in [-0.2, -0.15) is 11.8 Å². The van der Waals surface area contributed by atoms with E-state index in [-0.39, 0.29) is 21.5 Å². The fourth-order valence-corrected chi connectivity index (χ4v) is 3.23. The van der Waals surface area contributed by atoms with E-state index in [1.807, 2.05) is 13.2 Å². The van der Waals surface area contributed by atoms with E-state index in [0.29, 0.717) is 13.1 Å². The molecule has 0 saturated heterocycles. The molecule has 1 unspecified atom stereocenters. The molecule has 0 heterocycles. The van der Waals surface area contributed by atoms with Crippen LogP contribution in [0.15, 0.2) is 23.1 Å². The molecule has 0 saturated carbocycles. The number of hydrogen-bond donors (Lipinski definition) is 2. The van der Waals surface area contributed by atoms with Crippen LogP contribution >= 0.6 is 11.8 Å². The average Bonchev–Trinajstić information content (AvgIpc) is 2.44. The molecule has 0 radical (unpaired) electrons. The van der Waals surface area contributed by atoms with Crippen molar-refractivity contribution in [1.82, 2.24) is 4.72 Å². The highest BCUT2D eigenvalue weighted by Gasteiger charge is 2.21. The van der Waals surface area contributed by atoms with Crippen LogP contribution in [0.25, 0.3) is 0 Å². The highest BCUT2D eigenvalue weighted by molar-refractivity contribution is 7.99. The summed E-state index contributed by atoms with van der Waals surface area (Å²) in [5, 5.41) is 13.8. The number of hydrogen-bond acceptors (Lipinski definition) is 6. The summed E-state index contributed by atoms with van der Waals surface area (Å²) in [5.41, 5.74) is 0.0818. The smallest absolute Gasteiger partial charge is 0.271 e. The fraction of sp³-hybridized carbons (Fsp3) is 0.500. The van der Waals surface area contributed by atoms with E-state index in [1.165, 1.54) is 18.2 Å². The molecule has 1 rings (SSSR count). The SMILES string of the molecule is CCNc1cc([N+](=O)[O-])ccc1S(=O)(=O)NCC(C)SC. The summed E-state index contributed by atoms with van der Waals surface area (Å²) in [5.74, 6) is 0. The van der Waals surface area contributed by atoms with Crippen LogP contribution in [-0.2, 0) is 10.0 Å². The molecular formula is C12H19N3O4S2. The van der Waals surface area contributed by atoms with Crippen LogP contribution in [0.3, 0.4) is 0 Å². The monoisotopic (exact) mass is 333 g/mol. The number of benzene rings is 1. The van der Waals surface area contributed by atoms with Crippen molar-refractivity contribution < 1.29 is 13.3 Å². The van der Waals surface area contributed by atoms with Gasteiger partial charge in [-0.1, -0.05) is 6.92 Å². The predicted molar refractivity (Wildman–Crippen MR) is 85.4 cm³/mol. The Hall–Kier alpha value is -1.32. The number of thioether (sulfide) groups is 1. The minimum Gasteiger partial charge on any atom is -0.384 e.